The minimum atomic E-state index is -4.39. The van der Waals surface area contributed by atoms with E-state index in [-0.39, 0.29) is 0 Å². The van der Waals surface area contributed by atoms with Gasteiger partial charge in [0.2, 0.25) is 0 Å². The van der Waals surface area contributed by atoms with E-state index >= 15 is 0 Å². The van der Waals surface area contributed by atoms with E-state index in [1.807, 2.05) is 0 Å². The molecule has 2 nitrogen and oxygen atoms in total. The van der Waals surface area contributed by atoms with Crippen molar-refractivity contribution in [3.63, 3.8) is 0 Å². The summed E-state index contributed by atoms with van der Waals surface area (Å²) >= 11 is 0. The van der Waals surface area contributed by atoms with Gasteiger partial charge in [-0.15, -0.1) is 0 Å². The van der Waals surface area contributed by atoms with Gasteiger partial charge in [-0.2, -0.15) is 13.2 Å². The van der Waals surface area contributed by atoms with Crippen molar-refractivity contribution < 1.29 is 23.1 Å². The Morgan fingerprint density at radius 3 is 2.00 bits per heavy atom. The van der Waals surface area contributed by atoms with E-state index in [9.17, 15) is 23.1 Å². The minimum absolute atomic E-state index is 0.479. The largest absolute Gasteiger partial charge is 0.481 e. The predicted molar refractivity (Wildman–Crippen MR) is 63.8 cm³/mol. The van der Waals surface area contributed by atoms with E-state index in [1.165, 1.54) is 12.1 Å². The first-order valence-electron chi connectivity index (χ1n) is 6.27. The molecule has 1 saturated carbocycles. The topological polar surface area (TPSA) is 37.3 Å². The van der Waals surface area contributed by atoms with Gasteiger partial charge in [-0.05, 0) is 30.5 Å². The second-order valence-corrected chi connectivity index (χ2v) is 5.02. The normalized spacial score (nSPS) is 19.1. The molecule has 1 fully saturated rings. The number of hydrogen-bond donors (Lipinski definition) is 1. The maximum Gasteiger partial charge on any atom is 0.416 e. The zero-order chi connectivity index (χ0) is 14.1. The first-order valence-corrected chi connectivity index (χ1v) is 6.27. The van der Waals surface area contributed by atoms with Crippen LogP contribution in [0.2, 0.25) is 0 Å². The highest BCUT2D eigenvalue weighted by atomic mass is 19.4. The molecule has 1 aliphatic carbocycles. The molecular formula is C14H15F3O2. The fourth-order valence-corrected chi connectivity index (χ4v) is 2.76. The van der Waals surface area contributed by atoms with Crippen molar-refractivity contribution in [2.75, 3.05) is 0 Å². The molecular weight excluding hydrogens is 257 g/mol. The van der Waals surface area contributed by atoms with Gasteiger partial charge in [-0.3, -0.25) is 4.79 Å². The number of benzene rings is 1. The number of carboxylic acid groups (broad SMARTS) is 1. The molecule has 1 N–H and O–H groups in total. The molecule has 104 valence electrons. The van der Waals surface area contributed by atoms with Crippen LogP contribution >= 0.6 is 0 Å². The van der Waals surface area contributed by atoms with Gasteiger partial charge in [-0.25, -0.2) is 0 Å². The van der Waals surface area contributed by atoms with Crippen molar-refractivity contribution in [2.24, 2.45) is 0 Å². The number of alkyl halides is 3. The van der Waals surface area contributed by atoms with Gasteiger partial charge in [-0.1, -0.05) is 31.4 Å². The van der Waals surface area contributed by atoms with Crippen molar-refractivity contribution in [1.82, 2.24) is 0 Å². The Morgan fingerprint density at radius 1 is 1.05 bits per heavy atom. The van der Waals surface area contributed by atoms with Crippen LogP contribution in [0.5, 0.6) is 0 Å². The number of halogens is 3. The van der Waals surface area contributed by atoms with Crippen LogP contribution in [0.4, 0.5) is 13.2 Å². The third-order valence-electron chi connectivity index (χ3n) is 3.88. The lowest BCUT2D eigenvalue weighted by Gasteiger charge is -2.33. The van der Waals surface area contributed by atoms with Gasteiger partial charge in [0.1, 0.15) is 0 Å². The van der Waals surface area contributed by atoms with Crippen molar-refractivity contribution in [3.05, 3.63) is 35.4 Å². The summed E-state index contributed by atoms with van der Waals surface area (Å²) in [7, 11) is 0. The van der Waals surface area contributed by atoms with Crippen LogP contribution in [0.1, 0.15) is 43.2 Å². The number of carbonyl (C=O) groups is 1. The van der Waals surface area contributed by atoms with E-state index in [0.717, 1.165) is 31.4 Å². The highest BCUT2D eigenvalue weighted by molar-refractivity contribution is 5.81. The Balaban J connectivity index is 2.36. The third kappa shape index (κ3) is 2.60. The zero-order valence-electron chi connectivity index (χ0n) is 10.3. The fourth-order valence-electron chi connectivity index (χ4n) is 2.76. The van der Waals surface area contributed by atoms with Gasteiger partial charge in [0, 0.05) is 0 Å². The molecule has 0 unspecified atom stereocenters. The minimum Gasteiger partial charge on any atom is -0.481 e. The van der Waals surface area contributed by atoms with Gasteiger partial charge < -0.3 is 5.11 Å². The highest BCUT2D eigenvalue weighted by Gasteiger charge is 2.41. The van der Waals surface area contributed by atoms with Crippen LogP contribution in [0.15, 0.2) is 24.3 Å². The summed E-state index contributed by atoms with van der Waals surface area (Å²) in [6.07, 6.45) is -0.820. The number of hydrogen-bond acceptors (Lipinski definition) is 1. The molecule has 1 aromatic rings. The van der Waals surface area contributed by atoms with Crippen LogP contribution in [0, 0.1) is 0 Å². The maximum absolute atomic E-state index is 12.5. The van der Waals surface area contributed by atoms with E-state index in [2.05, 4.69) is 0 Å². The number of aliphatic carboxylic acids is 1. The quantitative estimate of drug-likeness (QED) is 0.883. The van der Waals surface area contributed by atoms with Crippen LogP contribution in [0.3, 0.4) is 0 Å². The van der Waals surface area contributed by atoms with Gasteiger partial charge in [0.25, 0.3) is 0 Å². The van der Waals surface area contributed by atoms with E-state index in [4.69, 9.17) is 0 Å². The molecule has 0 atom stereocenters. The van der Waals surface area contributed by atoms with Crippen molar-refractivity contribution in [3.8, 4) is 0 Å². The monoisotopic (exact) mass is 272 g/mol. The lowest BCUT2D eigenvalue weighted by Crippen LogP contribution is -2.37. The molecule has 0 saturated heterocycles. The Kier molecular flexibility index (Phi) is 3.56. The predicted octanol–water partition coefficient (Wildman–Crippen LogP) is 3.99. The molecule has 2 rings (SSSR count). The van der Waals surface area contributed by atoms with Gasteiger partial charge >= 0.3 is 12.1 Å². The maximum atomic E-state index is 12.5. The number of carboxylic acids is 1. The smallest absolute Gasteiger partial charge is 0.416 e. The summed E-state index contributed by atoms with van der Waals surface area (Å²) in [4.78, 5) is 11.5. The highest BCUT2D eigenvalue weighted by Crippen LogP contribution is 2.40. The SMILES string of the molecule is O=C(O)C1(c2ccc(C(F)(F)F)cc2)CCCCC1. The second kappa shape index (κ2) is 4.87. The van der Waals surface area contributed by atoms with Crippen LogP contribution < -0.4 is 0 Å². The summed E-state index contributed by atoms with van der Waals surface area (Å²) in [5.74, 6) is -0.938. The molecule has 0 radical (unpaired) electrons. The first-order chi connectivity index (χ1) is 8.86. The van der Waals surface area contributed by atoms with Crippen LogP contribution in [-0.2, 0) is 16.4 Å². The van der Waals surface area contributed by atoms with E-state index < -0.39 is 23.1 Å². The lowest BCUT2D eigenvalue weighted by atomic mass is 9.69. The molecule has 0 amide bonds. The van der Waals surface area contributed by atoms with Crippen LogP contribution in [-0.4, -0.2) is 11.1 Å². The Labute approximate surface area is 109 Å². The van der Waals surface area contributed by atoms with Crippen LogP contribution in [0.25, 0.3) is 0 Å². The summed E-state index contributed by atoms with van der Waals surface area (Å²) in [6, 6.07) is 4.55. The average molecular weight is 272 g/mol. The summed E-state index contributed by atoms with van der Waals surface area (Å²) in [6.45, 7) is 0. The summed E-state index contributed by atoms with van der Waals surface area (Å²) in [5.41, 5.74) is -1.28. The Morgan fingerprint density at radius 2 is 1.58 bits per heavy atom. The molecule has 1 aliphatic rings. The standard InChI is InChI=1S/C14H15F3O2/c15-14(16,17)11-6-4-10(5-7-11)13(12(18)19)8-2-1-3-9-13/h4-7H,1-3,8-9H2,(H,18,19). The third-order valence-corrected chi connectivity index (χ3v) is 3.88. The molecule has 0 aliphatic heterocycles. The molecule has 0 bridgehead atoms. The van der Waals surface area contributed by atoms with E-state index in [1.54, 1.807) is 0 Å². The first kappa shape index (κ1) is 13.9. The Bertz CT molecular complexity index is 457. The molecule has 5 heteroatoms. The summed E-state index contributed by atoms with van der Waals surface area (Å²) in [5, 5.41) is 9.45. The molecule has 1 aromatic carbocycles. The number of rotatable bonds is 2. The Hall–Kier alpha value is -1.52. The van der Waals surface area contributed by atoms with Crippen molar-refractivity contribution in [2.45, 2.75) is 43.7 Å². The molecule has 0 aromatic heterocycles. The van der Waals surface area contributed by atoms with Crippen molar-refractivity contribution in [1.29, 1.82) is 0 Å². The van der Waals surface area contributed by atoms with Crippen molar-refractivity contribution >= 4 is 5.97 Å². The molecule has 19 heavy (non-hydrogen) atoms. The van der Waals surface area contributed by atoms with Gasteiger partial charge in [0.15, 0.2) is 0 Å². The summed E-state index contributed by atoms with van der Waals surface area (Å²) < 4.78 is 37.5. The lowest BCUT2D eigenvalue weighted by molar-refractivity contribution is -0.145. The molecule has 0 spiro atoms. The molecule has 0 heterocycles. The second-order valence-electron chi connectivity index (χ2n) is 5.02. The fraction of sp³-hybridized carbons (Fsp3) is 0.500. The average Bonchev–Trinajstić information content (AvgIpc) is 2.38. The zero-order valence-corrected chi connectivity index (χ0v) is 10.3. The van der Waals surface area contributed by atoms with E-state index in [0.29, 0.717) is 18.4 Å². The van der Waals surface area contributed by atoms with Gasteiger partial charge in [0.05, 0.1) is 11.0 Å².